The van der Waals surface area contributed by atoms with E-state index in [9.17, 15) is 14.7 Å². The molecule has 0 unspecified atom stereocenters. The Morgan fingerprint density at radius 1 is 1.03 bits per heavy atom. The van der Waals surface area contributed by atoms with Crippen LogP contribution in [-0.2, 0) is 4.79 Å². The van der Waals surface area contributed by atoms with Gasteiger partial charge in [0.05, 0.1) is 5.60 Å². The maximum atomic E-state index is 12.1. The molecule has 0 aliphatic heterocycles. The Bertz CT molecular complexity index is 964. The van der Waals surface area contributed by atoms with Crippen LogP contribution in [-0.4, -0.2) is 22.3 Å². The zero-order chi connectivity index (χ0) is 21.3. The first-order chi connectivity index (χ1) is 14.2. The molecule has 0 radical (unpaired) electrons. The second-order valence-electron chi connectivity index (χ2n) is 10.5. The van der Waals surface area contributed by atoms with Gasteiger partial charge < -0.3 is 5.11 Å². The monoisotopic (exact) mass is 404 g/mol. The van der Waals surface area contributed by atoms with Gasteiger partial charge in [-0.05, 0) is 81.3 Å². The molecular formula is C27H32O3. The normalized spacial score (nSPS) is 40.1. The first kappa shape index (κ1) is 19.9. The van der Waals surface area contributed by atoms with E-state index in [1.54, 1.807) is 6.92 Å². The second kappa shape index (κ2) is 6.75. The molecule has 0 spiro atoms. The van der Waals surface area contributed by atoms with Gasteiger partial charge in [0.1, 0.15) is 0 Å². The van der Waals surface area contributed by atoms with Crippen LogP contribution in [0.15, 0.2) is 47.6 Å². The zero-order valence-electron chi connectivity index (χ0n) is 18.3. The molecule has 4 aliphatic rings. The molecule has 30 heavy (non-hydrogen) atoms. The second-order valence-corrected chi connectivity index (χ2v) is 10.5. The minimum absolute atomic E-state index is 0.0904. The highest BCUT2D eigenvalue weighted by molar-refractivity contribution is 5.94. The molecule has 6 atom stereocenters. The maximum Gasteiger partial charge on any atom is 0.159 e. The molecule has 1 aromatic carbocycles. The first-order valence-corrected chi connectivity index (χ1v) is 11.5. The Labute approximate surface area is 179 Å². The number of fused-ring (bicyclic) bond motifs is 5. The first-order valence-electron chi connectivity index (χ1n) is 11.5. The third kappa shape index (κ3) is 2.81. The summed E-state index contributed by atoms with van der Waals surface area (Å²) in [4.78, 5) is 23.9. The highest BCUT2D eigenvalue weighted by atomic mass is 16.3. The zero-order valence-corrected chi connectivity index (χ0v) is 18.3. The summed E-state index contributed by atoms with van der Waals surface area (Å²) >= 11 is 0. The molecule has 0 aromatic heterocycles. The molecule has 2 fully saturated rings. The van der Waals surface area contributed by atoms with Crippen molar-refractivity contribution in [1.29, 1.82) is 0 Å². The van der Waals surface area contributed by atoms with E-state index < -0.39 is 5.60 Å². The fourth-order valence-corrected chi connectivity index (χ4v) is 7.13. The number of ketones is 2. The number of rotatable bonds is 2. The number of allylic oxidation sites excluding steroid dienone is 2. The van der Waals surface area contributed by atoms with Gasteiger partial charge in [-0.2, -0.15) is 0 Å². The predicted octanol–water partition coefficient (Wildman–Crippen LogP) is 5.40. The molecule has 2 saturated carbocycles. The van der Waals surface area contributed by atoms with E-state index in [1.165, 1.54) is 16.7 Å². The van der Waals surface area contributed by atoms with Gasteiger partial charge in [-0.1, -0.05) is 48.4 Å². The van der Waals surface area contributed by atoms with Crippen LogP contribution in [0.5, 0.6) is 0 Å². The fraction of sp³-hybridized carbons (Fsp3) is 0.556. The summed E-state index contributed by atoms with van der Waals surface area (Å²) in [7, 11) is 0. The fourth-order valence-electron chi connectivity index (χ4n) is 7.13. The van der Waals surface area contributed by atoms with Crippen LogP contribution in [0, 0.1) is 23.2 Å². The standard InChI is InChI=1S/C27H32O3/c1-16(28)17-4-6-18(7-5-17)23-15-26(2)24(12-13-27(26,3)30)22-10-8-19-14-20(29)9-11-21(19)25(22)23/h4-7,12,14,21-23,25,30H,8-11,13,15H2,1-3H3/t21-,22-,23+,25+,26-,27-/m0/s1. The quantitative estimate of drug-likeness (QED) is 0.531. The lowest BCUT2D eigenvalue weighted by molar-refractivity contribution is -0.115. The van der Waals surface area contributed by atoms with Crippen molar-refractivity contribution in [2.75, 3.05) is 0 Å². The number of hydrogen-bond donors (Lipinski definition) is 1. The van der Waals surface area contributed by atoms with Gasteiger partial charge in [-0.25, -0.2) is 0 Å². The van der Waals surface area contributed by atoms with Gasteiger partial charge in [-0.3, -0.25) is 9.59 Å². The van der Waals surface area contributed by atoms with Crippen molar-refractivity contribution in [3.05, 3.63) is 58.7 Å². The van der Waals surface area contributed by atoms with Gasteiger partial charge in [0.15, 0.2) is 11.6 Å². The Morgan fingerprint density at radius 3 is 2.43 bits per heavy atom. The molecule has 0 heterocycles. The van der Waals surface area contributed by atoms with Gasteiger partial charge in [0, 0.05) is 17.4 Å². The molecule has 0 amide bonds. The van der Waals surface area contributed by atoms with Gasteiger partial charge in [0.2, 0.25) is 0 Å². The van der Waals surface area contributed by atoms with E-state index in [1.807, 2.05) is 25.1 Å². The molecule has 0 saturated heterocycles. The van der Waals surface area contributed by atoms with Crippen molar-refractivity contribution < 1.29 is 14.7 Å². The maximum absolute atomic E-state index is 12.1. The van der Waals surface area contributed by atoms with Crippen LogP contribution in [0.25, 0.3) is 0 Å². The molecular weight excluding hydrogens is 372 g/mol. The number of hydrogen-bond acceptors (Lipinski definition) is 3. The van der Waals surface area contributed by atoms with Crippen molar-refractivity contribution in [3.63, 3.8) is 0 Å². The van der Waals surface area contributed by atoms with Gasteiger partial charge >= 0.3 is 0 Å². The van der Waals surface area contributed by atoms with Crippen molar-refractivity contribution in [1.82, 2.24) is 0 Å². The minimum Gasteiger partial charge on any atom is -0.389 e. The van der Waals surface area contributed by atoms with Crippen molar-refractivity contribution in [2.24, 2.45) is 23.2 Å². The van der Waals surface area contributed by atoms with E-state index in [2.05, 4.69) is 25.1 Å². The topological polar surface area (TPSA) is 54.4 Å². The molecule has 5 rings (SSSR count). The summed E-state index contributed by atoms with van der Waals surface area (Å²) in [6, 6.07) is 8.17. The number of carbonyl (C=O) groups excluding carboxylic acids is 2. The highest BCUT2D eigenvalue weighted by Gasteiger charge is 2.59. The van der Waals surface area contributed by atoms with E-state index >= 15 is 0 Å². The lowest BCUT2D eigenvalue weighted by Gasteiger charge is -2.56. The molecule has 1 aromatic rings. The Balaban J connectivity index is 1.61. The molecule has 4 aliphatic carbocycles. The van der Waals surface area contributed by atoms with Crippen LogP contribution in [0.4, 0.5) is 0 Å². The third-order valence-corrected chi connectivity index (χ3v) is 8.98. The van der Waals surface area contributed by atoms with Crippen LogP contribution < -0.4 is 0 Å². The summed E-state index contributed by atoms with van der Waals surface area (Å²) in [6.07, 6.45) is 9.59. The van der Waals surface area contributed by atoms with E-state index in [0.29, 0.717) is 30.1 Å². The van der Waals surface area contributed by atoms with E-state index in [0.717, 1.165) is 37.7 Å². The SMILES string of the molecule is CC(=O)c1ccc([C@H]2C[C@@]3(C)C(=CC[C@]3(C)O)[C@@H]3CCC4=CC(=O)CC[C@@H]4[C@@H]23)cc1. The lowest BCUT2D eigenvalue weighted by Crippen LogP contribution is -2.51. The molecule has 0 bridgehead atoms. The average molecular weight is 405 g/mol. The van der Waals surface area contributed by atoms with Crippen LogP contribution in [0.3, 0.4) is 0 Å². The predicted molar refractivity (Wildman–Crippen MR) is 117 cm³/mol. The number of Topliss-reactive ketones (excluding diaryl/α,β-unsaturated/α-hetero) is 1. The highest BCUT2D eigenvalue weighted by Crippen LogP contribution is 2.66. The summed E-state index contributed by atoms with van der Waals surface area (Å²) < 4.78 is 0. The summed E-state index contributed by atoms with van der Waals surface area (Å²) in [5.74, 6) is 2.08. The Hall–Kier alpha value is -2.00. The van der Waals surface area contributed by atoms with Gasteiger partial charge in [-0.15, -0.1) is 0 Å². The minimum atomic E-state index is -0.719. The summed E-state index contributed by atoms with van der Waals surface area (Å²) in [5, 5.41) is 11.3. The van der Waals surface area contributed by atoms with E-state index in [-0.39, 0.29) is 17.0 Å². The summed E-state index contributed by atoms with van der Waals surface area (Å²) in [6.45, 7) is 5.87. The summed E-state index contributed by atoms with van der Waals surface area (Å²) in [5.41, 5.74) is 3.90. The smallest absolute Gasteiger partial charge is 0.159 e. The van der Waals surface area contributed by atoms with Crippen LogP contribution >= 0.6 is 0 Å². The number of benzene rings is 1. The van der Waals surface area contributed by atoms with Crippen LogP contribution in [0.2, 0.25) is 0 Å². The van der Waals surface area contributed by atoms with Crippen molar-refractivity contribution in [3.8, 4) is 0 Å². The Kier molecular flexibility index (Phi) is 4.49. The number of carbonyl (C=O) groups is 2. The van der Waals surface area contributed by atoms with Crippen molar-refractivity contribution >= 4 is 11.6 Å². The molecule has 3 nitrogen and oxygen atoms in total. The number of aliphatic hydroxyl groups is 1. The Morgan fingerprint density at radius 2 is 1.73 bits per heavy atom. The average Bonchev–Trinajstić information content (AvgIpc) is 2.96. The van der Waals surface area contributed by atoms with Crippen LogP contribution in [0.1, 0.15) is 81.1 Å². The molecule has 1 N–H and O–H groups in total. The van der Waals surface area contributed by atoms with Crippen molar-refractivity contribution in [2.45, 2.75) is 70.8 Å². The molecule has 158 valence electrons. The third-order valence-electron chi connectivity index (χ3n) is 8.98. The van der Waals surface area contributed by atoms with Gasteiger partial charge in [0.25, 0.3) is 0 Å². The lowest BCUT2D eigenvalue weighted by atomic mass is 9.48. The van der Waals surface area contributed by atoms with E-state index in [4.69, 9.17) is 0 Å². The molecule has 3 heteroatoms. The largest absolute Gasteiger partial charge is 0.389 e.